The summed E-state index contributed by atoms with van der Waals surface area (Å²) in [5, 5.41) is 19.7. The number of ether oxygens (including phenoxy) is 1. The van der Waals surface area contributed by atoms with Gasteiger partial charge in [0.25, 0.3) is 0 Å². The van der Waals surface area contributed by atoms with Gasteiger partial charge >= 0.3 is 0 Å². The molecule has 0 saturated carbocycles. The second-order valence-electron chi connectivity index (χ2n) is 8.55. The fourth-order valence-electron chi connectivity index (χ4n) is 3.91. The van der Waals surface area contributed by atoms with Crippen molar-refractivity contribution in [3.05, 3.63) is 76.9 Å². The summed E-state index contributed by atoms with van der Waals surface area (Å²) in [5.74, 6) is 2.04. The van der Waals surface area contributed by atoms with Gasteiger partial charge in [0.05, 0.1) is 12.2 Å². The van der Waals surface area contributed by atoms with Crippen LogP contribution in [0, 0.1) is 27.7 Å². The van der Waals surface area contributed by atoms with Crippen molar-refractivity contribution in [2.75, 3.05) is 13.2 Å². The molecule has 0 bridgehead atoms. The van der Waals surface area contributed by atoms with Crippen molar-refractivity contribution in [2.24, 2.45) is 0 Å². The van der Waals surface area contributed by atoms with E-state index >= 15 is 0 Å². The maximum absolute atomic E-state index is 10.8. The maximum Gasteiger partial charge on any atom is 0.167 e. The highest BCUT2D eigenvalue weighted by Crippen LogP contribution is 2.34. The molecule has 174 valence electrons. The lowest BCUT2D eigenvalue weighted by Gasteiger charge is -2.13. The Morgan fingerprint density at radius 1 is 0.676 bits per heavy atom. The van der Waals surface area contributed by atoms with Gasteiger partial charge in [-0.15, -0.1) is 0 Å². The van der Waals surface area contributed by atoms with Crippen molar-refractivity contribution >= 4 is 0 Å². The van der Waals surface area contributed by atoms with Gasteiger partial charge < -0.3 is 14.9 Å². The summed E-state index contributed by atoms with van der Waals surface area (Å²) in [7, 11) is 0. The van der Waals surface area contributed by atoms with Crippen LogP contribution in [0.3, 0.4) is 0 Å². The largest absolute Gasteiger partial charge is 0.507 e. The zero-order valence-corrected chi connectivity index (χ0v) is 20.0. The Morgan fingerprint density at radius 3 is 1.65 bits per heavy atom. The van der Waals surface area contributed by atoms with Crippen LogP contribution in [0.4, 0.5) is 0 Å². The molecule has 0 amide bonds. The third kappa shape index (κ3) is 5.07. The molecule has 0 radical (unpaired) electrons. The zero-order chi connectivity index (χ0) is 24.2. The van der Waals surface area contributed by atoms with Gasteiger partial charge in [0.2, 0.25) is 0 Å². The van der Waals surface area contributed by atoms with Crippen LogP contribution in [-0.2, 0) is 0 Å². The van der Waals surface area contributed by atoms with Gasteiger partial charge in [0.1, 0.15) is 11.5 Å². The third-order valence-electron chi connectivity index (χ3n) is 5.66. The van der Waals surface area contributed by atoms with E-state index in [2.05, 4.69) is 26.0 Å². The van der Waals surface area contributed by atoms with Crippen LogP contribution in [-0.4, -0.2) is 38.4 Å². The standard InChI is InChI=1S/C28H29N3O3/c1-17-6-9-22(19(3)14-17)26-29-27(23-10-7-18(2)15-20(23)4)31-28(30-26)24-11-8-21(16-25(24)33)34-13-5-12-32/h6-11,14-16,32-33H,5,12-13H2,1-4H3. The number of aryl methyl sites for hydroxylation is 4. The van der Waals surface area contributed by atoms with Crippen LogP contribution < -0.4 is 4.74 Å². The van der Waals surface area contributed by atoms with Crippen molar-refractivity contribution in [1.82, 2.24) is 15.0 Å². The molecule has 0 spiro atoms. The van der Waals surface area contributed by atoms with Crippen LogP contribution in [0.1, 0.15) is 28.7 Å². The van der Waals surface area contributed by atoms with Gasteiger partial charge in [-0.3, -0.25) is 0 Å². The van der Waals surface area contributed by atoms with E-state index < -0.39 is 0 Å². The number of phenolic OH excluding ortho intramolecular Hbond substituents is 1. The molecular weight excluding hydrogens is 426 g/mol. The average Bonchev–Trinajstić information content (AvgIpc) is 2.79. The van der Waals surface area contributed by atoms with Crippen LogP contribution in [0.2, 0.25) is 0 Å². The number of phenols is 1. The fourth-order valence-corrected chi connectivity index (χ4v) is 3.91. The Morgan fingerprint density at radius 2 is 1.18 bits per heavy atom. The molecule has 34 heavy (non-hydrogen) atoms. The number of nitrogens with zero attached hydrogens (tertiary/aromatic N) is 3. The van der Waals surface area contributed by atoms with E-state index in [1.807, 2.05) is 38.1 Å². The van der Waals surface area contributed by atoms with Gasteiger partial charge in [-0.05, 0) is 51.0 Å². The molecule has 0 atom stereocenters. The summed E-state index contributed by atoms with van der Waals surface area (Å²) >= 11 is 0. The lowest BCUT2D eigenvalue weighted by molar-refractivity contribution is 0.233. The number of aliphatic hydroxyl groups excluding tert-OH is 1. The molecule has 1 aromatic heterocycles. The Kier molecular flexibility index (Phi) is 6.89. The predicted octanol–water partition coefficient (Wildman–Crippen LogP) is 5.57. The molecule has 3 aromatic carbocycles. The summed E-state index contributed by atoms with van der Waals surface area (Å²) < 4.78 is 5.58. The molecule has 0 aliphatic rings. The lowest BCUT2D eigenvalue weighted by atomic mass is 10.0. The van der Waals surface area contributed by atoms with E-state index in [0.717, 1.165) is 22.3 Å². The Labute approximate surface area is 200 Å². The first-order chi connectivity index (χ1) is 16.4. The molecule has 0 saturated heterocycles. The number of aromatic nitrogens is 3. The molecule has 6 heteroatoms. The van der Waals surface area contributed by atoms with Crippen LogP contribution in [0.25, 0.3) is 34.2 Å². The lowest BCUT2D eigenvalue weighted by Crippen LogP contribution is -2.03. The van der Waals surface area contributed by atoms with E-state index in [4.69, 9.17) is 24.8 Å². The number of hydrogen-bond donors (Lipinski definition) is 2. The Balaban J connectivity index is 1.85. The van der Waals surface area contributed by atoms with Crippen molar-refractivity contribution in [3.63, 3.8) is 0 Å². The number of benzene rings is 3. The van der Waals surface area contributed by atoms with Crippen molar-refractivity contribution in [1.29, 1.82) is 0 Å². The number of rotatable bonds is 7. The van der Waals surface area contributed by atoms with E-state index in [0.29, 0.717) is 41.8 Å². The quantitative estimate of drug-likeness (QED) is 0.354. The summed E-state index contributed by atoms with van der Waals surface area (Å²) in [6.45, 7) is 8.61. The molecule has 4 aromatic rings. The second-order valence-corrected chi connectivity index (χ2v) is 8.55. The summed E-state index contributed by atoms with van der Waals surface area (Å²) in [6.07, 6.45) is 0.522. The first-order valence-corrected chi connectivity index (χ1v) is 11.3. The smallest absolute Gasteiger partial charge is 0.167 e. The first-order valence-electron chi connectivity index (χ1n) is 11.3. The van der Waals surface area contributed by atoms with Gasteiger partial charge in [0.15, 0.2) is 17.5 Å². The maximum atomic E-state index is 10.8. The molecule has 6 nitrogen and oxygen atoms in total. The minimum Gasteiger partial charge on any atom is -0.507 e. The molecule has 0 unspecified atom stereocenters. The van der Waals surface area contributed by atoms with Gasteiger partial charge in [-0.2, -0.15) is 0 Å². The zero-order valence-electron chi connectivity index (χ0n) is 20.0. The van der Waals surface area contributed by atoms with Crippen molar-refractivity contribution in [3.8, 4) is 45.7 Å². The van der Waals surface area contributed by atoms with Gasteiger partial charge in [0, 0.05) is 30.2 Å². The summed E-state index contributed by atoms with van der Waals surface area (Å²) in [4.78, 5) is 14.3. The molecule has 2 N–H and O–H groups in total. The second kappa shape index (κ2) is 10.0. The van der Waals surface area contributed by atoms with Gasteiger partial charge in [-0.1, -0.05) is 47.5 Å². The Bertz CT molecular complexity index is 1270. The normalized spacial score (nSPS) is 11.0. The molecule has 1 heterocycles. The molecule has 0 fully saturated rings. The monoisotopic (exact) mass is 455 g/mol. The average molecular weight is 456 g/mol. The van der Waals surface area contributed by atoms with E-state index in [1.165, 1.54) is 11.1 Å². The highest BCUT2D eigenvalue weighted by Gasteiger charge is 2.17. The summed E-state index contributed by atoms with van der Waals surface area (Å²) in [5.41, 5.74) is 6.81. The SMILES string of the molecule is Cc1ccc(-c2nc(-c3ccc(C)cc3C)nc(-c3ccc(OCCCO)cc3O)n2)c(C)c1. The van der Waals surface area contributed by atoms with Crippen LogP contribution in [0.15, 0.2) is 54.6 Å². The van der Waals surface area contributed by atoms with E-state index in [-0.39, 0.29) is 12.4 Å². The van der Waals surface area contributed by atoms with Crippen molar-refractivity contribution < 1.29 is 14.9 Å². The molecule has 0 aliphatic heterocycles. The number of aliphatic hydroxyl groups is 1. The van der Waals surface area contributed by atoms with Crippen molar-refractivity contribution in [2.45, 2.75) is 34.1 Å². The summed E-state index contributed by atoms with van der Waals surface area (Å²) in [6, 6.07) is 17.4. The van der Waals surface area contributed by atoms with E-state index in [9.17, 15) is 5.11 Å². The third-order valence-corrected chi connectivity index (χ3v) is 5.66. The number of aromatic hydroxyl groups is 1. The molecular formula is C28H29N3O3. The number of hydrogen-bond acceptors (Lipinski definition) is 6. The molecule has 4 rings (SSSR count). The topological polar surface area (TPSA) is 88.4 Å². The van der Waals surface area contributed by atoms with Crippen LogP contribution >= 0.6 is 0 Å². The first kappa shape index (κ1) is 23.4. The highest BCUT2D eigenvalue weighted by atomic mass is 16.5. The Hall–Kier alpha value is -3.77. The predicted molar refractivity (Wildman–Crippen MR) is 134 cm³/mol. The van der Waals surface area contributed by atoms with Gasteiger partial charge in [-0.25, -0.2) is 15.0 Å². The van der Waals surface area contributed by atoms with Crippen LogP contribution in [0.5, 0.6) is 11.5 Å². The minimum absolute atomic E-state index is 0.0193. The fraction of sp³-hybridized carbons (Fsp3) is 0.250. The van der Waals surface area contributed by atoms with E-state index in [1.54, 1.807) is 18.2 Å². The minimum atomic E-state index is 0.0193. The molecule has 0 aliphatic carbocycles. The highest BCUT2D eigenvalue weighted by molar-refractivity contribution is 5.72.